The molecule has 0 unspecified atom stereocenters. The van der Waals surface area contributed by atoms with Crippen molar-refractivity contribution < 1.29 is 4.79 Å². The normalized spacial score (nSPS) is 18.3. The third-order valence-electron chi connectivity index (χ3n) is 2.84. The first-order chi connectivity index (χ1) is 7.29. The van der Waals surface area contributed by atoms with Gasteiger partial charge < -0.3 is 4.57 Å². The van der Waals surface area contributed by atoms with Gasteiger partial charge in [0.2, 0.25) is 0 Å². The molecule has 0 spiro atoms. The van der Waals surface area contributed by atoms with Crippen molar-refractivity contribution in [3.63, 3.8) is 0 Å². The zero-order valence-corrected chi connectivity index (χ0v) is 9.15. The van der Waals surface area contributed by atoms with E-state index < -0.39 is 0 Å². The Hall–Kier alpha value is -1.16. The van der Waals surface area contributed by atoms with Gasteiger partial charge in [-0.3, -0.25) is 9.69 Å². The Kier molecular flexibility index (Phi) is 3.16. The largest absolute Gasteiger partial charge is 0.334 e. The fourth-order valence-corrected chi connectivity index (χ4v) is 2.02. The molecule has 1 saturated heterocycles. The third kappa shape index (κ3) is 2.45. The molecular weight excluding hydrogens is 190 g/mol. The van der Waals surface area contributed by atoms with Crippen LogP contribution >= 0.6 is 0 Å². The zero-order chi connectivity index (χ0) is 10.7. The van der Waals surface area contributed by atoms with E-state index in [-0.39, 0.29) is 0 Å². The maximum Gasteiger partial charge on any atom is 0.146 e. The van der Waals surface area contributed by atoms with Crippen LogP contribution in [0.1, 0.15) is 25.6 Å². The molecule has 0 radical (unpaired) electrons. The Labute approximate surface area is 89.9 Å². The molecule has 15 heavy (non-hydrogen) atoms. The number of ketones is 1. The molecule has 1 aliphatic rings. The first-order valence-electron chi connectivity index (χ1n) is 5.53. The van der Waals surface area contributed by atoms with E-state index in [1.165, 1.54) is 0 Å². The van der Waals surface area contributed by atoms with Crippen molar-refractivity contribution >= 4 is 5.78 Å². The summed E-state index contributed by atoms with van der Waals surface area (Å²) in [7, 11) is 0. The molecule has 0 saturated carbocycles. The van der Waals surface area contributed by atoms with Crippen molar-refractivity contribution in [2.45, 2.75) is 32.9 Å². The number of imidazole rings is 1. The second kappa shape index (κ2) is 4.57. The number of carbonyl (C=O) groups is 1. The summed E-state index contributed by atoms with van der Waals surface area (Å²) in [5.74, 6) is 1.42. The number of aromatic nitrogens is 2. The molecule has 82 valence electrons. The van der Waals surface area contributed by atoms with Crippen LogP contribution in [0.2, 0.25) is 0 Å². The van der Waals surface area contributed by atoms with Gasteiger partial charge >= 0.3 is 0 Å². The number of Topliss-reactive ketones (excluding diaryl/α,β-unsaturated/α-hetero) is 1. The second-order valence-electron chi connectivity index (χ2n) is 3.98. The monoisotopic (exact) mass is 207 g/mol. The lowest BCUT2D eigenvalue weighted by Crippen LogP contribution is -2.35. The number of hydrogen-bond acceptors (Lipinski definition) is 3. The molecule has 0 atom stereocenters. The van der Waals surface area contributed by atoms with Crippen LogP contribution in [0.3, 0.4) is 0 Å². The van der Waals surface area contributed by atoms with E-state index in [0.29, 0.717) is 12.3 Å². The van der Waals surface area contributed by atoms with Crippen LogP contribution in [0.5, 0.6) is 0 Å². The SMILES string of the molecule is CCn1ccnc1CN1CCCC(=O)C1. The molecule has 0 aliphatic carbocycles. The van der Waals surface area contributed by atoms with E-state index in [2.05, 4.69) is 21.4 Å². The summed E-state index contributed by atoms with van der Waals surface area (Å²) in [4.78, 5) is 17.8. The number of aryl methyl sites for hydroxylation is 1. The Bertz CT molecular complexity index is 345. The first-order valence-corrected chi connectivity index (χ1v) is 5.53. The maximum absolute atomic E-state index is 11.3. The van der Waals surface area contributed by atoms with Gasteiger partial charge in [0.1, 0.15) is 11.6 Å². The van der Waals surface area contributed by atoms with Gasteiger partial charge in [-0.1, -0.05) is 0 Å². The van der Waals surface area contributed by atoms with Crippen LogP contribution in [0.25, 0.3) is 0 Å². The van der Waals surface area contributed by atoms with Crippen LogP contribution in [0, 0.1) is 0 Å². The standard InChI is InChI=1S/C11H17N3O/c1-2-14-7-5-12-11(14)9-13-6-3-4-10(15)8-13/h5,7H,2-4,6,8-9H2,1H3. The first kappa shape index (κ1) is 10.4. The lowest BCUT2D eigenvalue weighted by molar-refractivity contribution is -0.122. The number of hydrogen-bond donors (Lipinski definition) is 0. The molecule has 4 nitrogen and oxygen atoms in total. The summed E-state index contributed by atoms with van der Waals surface area (Å²) in [5, 5.41) is 0. The Morgan fingerprint density at radius 2 is 2.40 bits per heavy atom. The van der Waals surface area contributed by atoms with Crippen molar-refractivity contribution in [2.75, 3.05) is 13.1 Å². The Morgan fingerprint density at radius 1 is 1.53 bits per heavy atom. The molecule has 1 aliphatic heterocycles. The zero-order valence-electron chi connectivity index (χ0n) is 9.15. The van der Waals surface area contributed by atoms with Gasteiger partial charge in [0, 0.05) is 25.4 Å². The van der Waals surface area contributed by atoms with Gasteiger partial charge in [-0.05, 0) is 19.9 Å². The topological polar surface area (TPSA) is 38.1 Å². The van der Waals surface area contributed by atoms with Gasteiger partial charge in [-0.2, -0.15) is 0 Å². The van der Waals surface area contributed by atoms with E-state index in [4.69, 9.17) is 0 Å². The van der Waals surface area contributed by atoms with E-state index in [9.17, 15) is 4.79 Å². The van der Waals surface area contributed by atoms with E-state index in [1.54, 1.807) is 0 Å². The van der Waals surface area contributed by atoms with Crippen molar-refractivity contribution in [3.8, 4) is 0 Å². The van der Waals surface area contributed by atoms with Crippen LogP contribution in [-0.4, -0.2) is 33.3 Å². The molecule has 0 bridgehead atoms. The molecule has 0 amide bonds. The maximum atomic E-state index is 11.3. The smallest absolute Gasteiger partial charge is 0.146 e. The summed E-state index contributed by atoms with van der Waals surface area (Å²) in [5.41, 5.74) is 0. The minimum Gasteiger partial charge on any atom is -0.334 e. The molecule has 2 heterocycles. The van der Waals surface area contributed by atoms with Crippen LogP contribution < -0.4 is 0 Å². The molecule has 1 fully saturated rings. The van der Waals surface area contributed by atoms with Crippen molar-refractivity contribution in [1.29, 1.82) is 0 Å². The van der Waals surface area contributed by atoms with Crippen LogP contribution in [0.15, 0.2) is 12.4 Å². The molecule has 0 N–H and O–H groups in total. The molecule has 1 aromatic rings. The Morgan fingerprint density at radius 3 is 3.13 bits per heavy atom. The number of likely N-dealkylation sites (tertiary alicyclic amines) is 1. The highest BCUT2D eigenvalue weighted by molar-refractivity contribution is 5.81. The van der Waals surface area contributed by atoms with E-state index >= 15 is 0 Å². The fourth-order valence-electron chi connectivity index (χ4n) is 2.02. The lowest BCUT2D eigenvalue weighted by Gasteiger charge is -2.25. The number of piperidine rings is 1. The summed E-state index contributed by atoms with van der Waals surface area (Å²) >= 11 is 0. The molecule has 4 heteroatoms. The predicted octanol–water partition coefficient (Wildman–Crippen LogP) is 1.07. The minimum atomic E-state index is 0.357. The molecule has 0 aromatic carbocycles. The van der Waals surface area contributed by atoms with Crippen molar-refractivity contribution in [3.05, 3.63) is 18.2 Å². The van der Waals surface area contributed by atoms with Gasteiger partial charge in [0.15, 0.2) is 0 Å². The van der Waals surface area contributed by atoms with Gasteiger partial charge in [0.05, 0.1) is 13.1 Å². The summed E-state index contributed by atoms with van der Waals surface area (Å²) in [6, 6.07) is 0. The molecule has 1 aromatic heterocycles. The average Bonchev–Trinajstić information content (AvgIpc) is 2.65. The van der Waals surface area contributed by atoms with Crippen LogP contribution in [-0.2, 0) is 17.9 Å². The van der Waals surface area contributed by atoms with Crippen molar-refractivity contribution in [2.24, 2.45) is 0 Å². The summed E-state index contributed by atoms with van der Waals surface area (Å²) in [6.45, 7) is 5.45. The number of carbonyl (C=O) groups excluding carboxylic acids is 1. The highest BCUT2D eigenvalue weighted by atomic mass is 16.1. The summed E-state index contributed by atoms with van der Waals surface area (Å²) < 4.78 is 2.12. The van der Waals surface area contributed by atoms with Crippen molar-refractivity contribution in [1.82, 2.24) is 14.5 Å². The van der Waals surface area contributed by atoms with E-state index in [0.717, 1.165) is 38.3 Å². The quantitative estimate of drug-likeness (QED) is 0.744. The fraction of sp³-hybridized carbons (Fsp3) is 0.636. The average molecular weight is 207 g/mol. The summed E-state index contributed by atoms with van der Waals surface area (Å²) in [6.07, 6.45) is 5.55. The highest BCUT2D eigenvalue weighted by Crippen LogP contribution is 2.09. The highest BCUT2D eigenvalue weighted by Gasteiger charge is 2.17. The Balaban J connectivity index is 1.98. The van der Waals surface area contributed by atoms with Gasteiger partial charge in [-0.25, -0.2) is 4.98 Å². The minimum absolute atomic E-state index is 0.357. The molecular formula is C11H17N3O. The predicted molar refractivity (Wildman–Crippen MR) is 57.4 cm³/mol. The number of nitrogens with zero attached hydrogens (tertiary/aromatic N) is 3. The van der Waals surface area contributed by atoms with Gasteiger partial charge in [0.25, 0.3) is 0 Å². The van der Waals surface area contributed by atoms with Gasteiger partial charge in [-0.15, -0.1) is 0 Å². The van der Waals surface area contributed by atoms with Crippen LogP contribution in [0.4, 0.5) is 0 Å². The third-order valence-corrected chi connectivity index (χ3v) is 2.84. The second-order valence-corrected chi connectivity index (χ2v) is 3.98. The van der Waals surface area contributed by atoms with E-state index in [1.807, 2.05) is 12.4 Å². The molecule has 2 rings (SSSR count). The number of rotatable bonds is 3. The lowest BCUT2D eigenvalue weighted by atomic mass is 10.1.